The van der Waals surface area contributed by atoms with Crippen molar-refractivity contribution in [2.45, 2.75) is 38.3 Å². The van der Waals surface area contributed by atoms with E-state index in [0.717, 1.165) is 16.7 Å². The van der Waals surface area contributed by atoms with Gasteiger partial charge in [-0.2, -0.15) is 0 Å². The lowest BCUT2D eigenvalue weighted by molar-refractivity contribution is -0.140. The van der Waals surface area contributed by atoms with Crippen LogP contribution in [0.2, 0.25) is 0 Å². The Labute approximate surface area is 196 Å². The molecule has 0 aromatic heterocycles. The number of benzene rings is 3. The van der Waals surface area contributed by atoms with Crippen LogP contribution in [0.4, 0.5) is 0 Å². The minimum Gasteiger partial charge on any atom is -0.489 e. The largest absolute Gasteiger partial charge is 0.489 e. The number of rotatable bonds is 10. The summed E-state index contributed by atoms with van der Waals surface area (Å²) >= 11 is 0. The van der Waals surface area contributed by atoms with Crippen LogP contribution in [0.15, 0.2) is 77.7 Å². The Balaban J connectivity index is 1.60. The third-order valence-corrected chi connectivity index (χ3v) is 6.36. The normalized spacial score (nSPS) is 12.8. The molecule has 0 aliphatic heterocycles. The second-order valence-corrected chi connectivity index (χ2v) is 9.28. The number of ether oxygens (including phenoxy) is 1. The van der Waals surface area contributed by atoms with Crippen LogP contribution in [0, 0.1) is 5.92 Å². The second-order valence-electron chi connectivity index (χ2n) is 8.04. The van der Waals surface area contributed by atoms with E-state index in [0.29, 0.717) is 22.8 Å². The van der Waals surface area contributed by atoms with Gasteiger partial charge in [-0.3, -0.25) is 9.59 Å². The van der Waals surface area contributed by atoms with Gasteiger partial charge in [0.05, 0.1) is 4.90 Å². The zero-order valence-electron chi connectivity index (χ0n) is 18.8. The molecule has 0 aliphatic rings. The van der Waals surface area contributed by atoms with Crippen LogP contribution in [0.5, 0.6) is 5.75 Å². The van der Waals surface area contributed by atoms with E-state index >= 15 is 0 Å². The quantitative estimate of drug-likeness (QED) is 0.417. The summed E-state index contributed by atoms with van der Waals surface area (Å²) in [5, 5.41) is 9.27. The van der Waals surface area contributed by atoms with Crippen LogP contribution in [0.1, 0.15) is 36.7 Å². The van der Waals surface area contributed by atoms with Gasteiger partial charge in [0, 0.05) is 5.56 Å². The summed E-state index contributed by atoms with van der Waals surface area (Å²) in [7, 11) is -1.61. The molecule has 0 amide bonds. The van der Waals surface area contributed by atoms with Gasteiger partial charge in [-0.05, 0) is 65.9 Å². The maximum absolute atomic E-state index is 12.5. The predicted octanol–water partition coefficient (Wildman–Crippen LogP) is 4.86. The molecule has 2 atom stereocenters. The molecular formula is C26H27NO5S. The van der Waals surface area contributed by atoms with Gasteiger partial charge < -0.3 is 9.84 Å². The van der Waals surface area contributed by atoms with E-state index in [9.17, 15) is 18.9 Å². The lowest BCUT2D eigenvalue weighted by atomic mass is 10.0. The van der Waals surface area contributed by atoms with Gasteiger partial charge in [-0.1, -0.05) is 50.2 Å². The number of aliphatic carboxylic acids is 1. The molecule has 3 rings (SSSR count). The molecule has 0 spiro atoms. The summed E-state index contributed by atoms with van der Waals surface area (Å²) in [6, 6.07) is 21.3. The number of hydrogen-bond donors (Lipinski definition) is 2. The van der Waals surface area contributed by atoms with Crippen molar-refractivity contribution >= 4 is 22.7 Å². The fraction of sp³-hybridized carbons (Fsp3) is 0.231. The molecule has 0 saturated carbocycles. The highest BCUT2D eigenvalue weighted by Crippen LogP contribution is 2.22. The van der Waals surface area contributed by atoms with Gasteiger partial charge in [-0.25, -0.2) is 8.93 Å². The van der Waals surface area contributed by atoms with Crippen LogP contribution in [-0.4, -0.2) is 27.1 Å². The third-order valence-electron chi connectivity index (χ3n) is 5.19. The Morgan fingerprint density at radius 3 is 1.94 bits per heavy atom. The van der Waals surface area contributed by atoms with Crippen LogP contribution < -0.4 is 9.46 Å². The third kappa shape index (κ3) is 6.60. The number of carboxylic acids is 1. The number of Topliss-reactive ketones (excluding diaryl/α,β-unsaturated/α-hetero) is 1. The van der Waals surface area contributed by atoms with E-state index in [1.807, 2.05) is 36.4 Å². The van der Waals surface area contributed by atoms with Crippen LogP contribution in [0.25, 0.3) is 11.1 Å². The lowest BCUT2D eigenvalue weighted by Crippen LogP contribution is -2.41. The van der Waals surface area contributed by atoms with Crippen LogP contribution in [0.3, 0.4) is 0 Å². The Kier molecular flexibility index (Phi) is 8.14. The average molecular weight is 466 g/mol. The summed E-state index contributed by atoms with van der Waals surface area (Å²) in [5.41, 5.74) is 3.62. The van der Waals surface area contributed by atoms with Crippen molar-refractivity contribution in [3.8, 4) is 16.9 Å². The summed E-state index contributed by atoms with van der Waals surface area (Å²) in [5.74, 6) is -0.489. The van der Waals surface area contributed by atoms with Gasteiger partial charge in [0.1, 0.15) is 29.4 Å². The number of carboxylic acid groups (broad SMARTS) is 1. The van der Waals surface area contributed by atoms with E-state index in [1.165, 1.54) is 6.92 Å². The number of nitrogens with one attached hydrogen (secondary N) is 1. The van der Waals surface area contributed by atoms with E-state index in [2.05, 4.69) is 4.72 Å². The molecule has 0 aliphatic carbocycles. The molecule has 0 fully saturated rings. The number of carbonyl (C=O) groups excluding carboxylic acids is 1. The fourth-order valence-electron chi connectivity index (χ4n) is 3.17. The van der Waals surface area contributed by atoms with Crippen molar-refractivity contribution in [3.05, 3.63) is 83.9 Å². The fourth-order valence-corrected chi connectivity index (χ4v) is 4.29. The minimum atomic E-state index is -1.61. The van der Waals surface area contributed by atoms with Gasteiger partial charge >= 0.3 is 5.97 Å². The molecule has 0 radical (unpaired) electrons. The van der Waals surface area contributed by atoms with Crippen molar-refractivity contribution in [3.63, 3.8) is 0 Å². The summed E-state index contributed by atoms with van der Waals surface area (Å²) in [4.78, 5) is 23.2. The smallest absolute Gasteiger partial charge is 0.321 e. The first-order valence-electron chi connectivity index (χ1n) is 10.6. The van der Waals surface area contributed by atoms with E-state index in [4.69, 9.17) is 4.74 Å². The molecule has 33 heavy (non-hydrogen) atoms. The van der Waals surface area contributed by atoms with Crippen molar-refractivity contribution in [2.75, 3.05) is 0 Å². The molecule has 2 N–H and O–H groups in total. The Bertz CT molecular complexity index is 1120. The molecular weight excluding hydrogens is 438 g/mol. The van der Waals surface area contributed by atoms with Crippen molar-refractivity contribution in [1.82, 2.24) is 4.72 Å². The Morgan fingerprint density at radius 2 is 1.45 bits per heavy atom. The first kappa shape index (κ1) is 24.4. The molecule has 0 saturated heterocycles. The lowest BCUT2D eigenvalue weighted by Gasteiger charge is -2.17. The SMILES string of the molecule is CC(=O)c1ccc(OCc2ccc(-c3ccc(S(=O)NC(C(=O)O)C(C)C)cc3)cc2)cc1. The molecule has 3 aromatic carbocycles. The zero-order valence-corrected chi connectivity index (χ0v) is 19.6. The monoisotopic (exact) mass is 465 g/mol. The summed E-state index contributed by atoms with van der Waals surface area (Å²) in [6.45, 7) is 5.47. The summed E-state index contributed by atoms with van der Waals surface area (Å²) in [6.07, 6.45) is 0. The van der Waals surface area contributed by atoms with Gasteiger partial charge in [0.25, 0.3) is 0 Å². The molecule has 172 valence electrons. The van der Waals surface area contributed by atoms with Crippen molar-refractivity contribution < 1.29 is 23.6 Å². The molecule has 0 heterocycles. The van der Waals surface area contributed by atoms with E-state index < -0.39 is 23.0 Å². The number of carbonyl (C=O) groups is 2. The predicted molar refractivity (Wildman–Crippen MR) is 128 cm³/mol. The number of ketones is 1. The van der Waals surface area contributed by atoms with Gasteiger partial charge in [0.15, 0.2) is 5.78 Å². The first-order chi connectivity index (χ1) is 15.7. The maximum atomic E-state index is 12.5. The molecule has 0 bridgehead atoms. The molecule has 7 heteroatoms. The van der Waals surface area contributed by atoms with Crippen LogP contribution >= 0.6 is 0 Å². The number of hydrogen-bond acceptors (Lipinski definition) is 4. The van der Waals surface area contributed by atoms with Crippen molar-refractivity contribution in [2.24, 2.45) is 5.92 Å². The second kappa shape index (κ2) is 11.0. The standard InChI is InChI=1S/C26H27NO5S/c1-17(2)25(26(29)30)27-33(31)24-14-10-22(11-15-24)21-6-4-19(5-7-21)16-32-23-12-8-20(9-13-23)18(3)28/h4-15,17,25,27H,16H2,1-3H3,(H,29,30). The highest BCUT2D eigenvalue weighted by atomic mass is 32.2. The van der Waals surface area contributed by atoms with Crippen LogP contribution in [-0.2, 0) is 22.4 Å². The molecule has 2 unspecified atom stereocenters. The van der Waals surface area contributed by atoms with E-state index in [1.54, 1.807) is 50.2 Å². The average Bonchev–Trinajstić information content (AvgIpc) is 2.81. The highest BCUT2D eigenvalue weighted by molar-refractivity contribution is 7.83. The first-order valence-corrected chi connectivity index (χ1v) is 11.7. The van der Waals surface area contributed by atoms with Crippen molar-refractivity contribution in [1.29, 1.82) is 0 Å². The highest BCUT2D eigenvalue weighted by Gasteiger charge is 2.23. The van der Waals surface area contributed by atoms with Gasteiger partial charge in [-0.15, -0.1) is 0 Å². The molecule has 3 aromatic rings. The minimum absolute atomic E-state index is 0.0210. The topological polar surface area (TPSA) is 92.7 Å². The summed E-state index contributed by atoms with van der Waals surface area (Å²) < 4.78 is 21.0. The van der Waals surface area contributed by atoms with E-state index in [-0.39, 0.29) is 11.7 Å². The Morgan fingerprint density at radius 1 is 0.909 bits per heavy atom. The van der Waals surface area contributed by atoms with Gasteiger partial charge in [0.2, 0.25) is 0 Å². The Hall–Kier alpha value is -3.29. The zero-order chi connectivity index (χ0) is 24.0. The maximum Gasteiger partial charge on any atom is 0.321 e. The molecule has 6 nitrogen and oxygen atoms in total.